The quantitative estimate of drug-likeness (QED) is 0.456. The molecule has 0 radical (unpaired) electrons. The van der Waals surface area contributed by atoms with Crippen LogP contribution in [-0.4, -0.2) is 71.4 Å². The van der Waals surface area contributed by atoms with Crippen molar-refractivity contribution >= 4 is 11.2 Å². The molecular weight excluding hydrogens is 382 g/mol. The van der Waals surface area contributed by atoms with E-state index in [1.807, 2.05) is 16.9 Å². The van der Waals surface area contributed by atoms with Gasteiger partial charge < -0.3 is 9.64 Å². The third-order valence-corrected chi connectivity index (χ3v) is 5.31. The number of fused-ring (bicyclic) bond motifs is 1. The first-order valence-electron chi connectivity index (χ1n) is 10.1. The molecule has 0 N–H and O–H groups in total. The van der Waals surface area contributed by atoms with Crippen molar-refractivity contribution in [1.82, 2.24) is 44.6 Å². The molecule has 0 unspecified atom stereocenters. The Kier molecular flexibility index (Phi) is 5.06. The van der Waals surface area contributed by atoms with Gasteiger partial charge in [0.05, 0.1) is 37.9 Å². The molecule has 1 aliphatic rings. The van der Waals surface area contributed by atoms with Crippen LogP contribution in [0.5, 0.6) is 5.88 Å². The van der Waals surface area contributed by atoms with Gasteiger partial charge in [-0.15, -0.1) is 5.10 Å². The van der Waals surface area contributed by atoms with Crippen molar-refractivity contribution in [3.8, 4) is 11.6 Å². The Balaban J connectivity index is 1.32. The maximum Gasteiger partial charge on any atom is 0.213 e. The van der Waals surface area contributed by atoms with Crippen LogP contribution >= 0.6 is 0 Å². The number of hydrogen-bond donors (Lipinski definition) is 0. The van der Waals surface area contributed by atoms with E-state index < -0.39 is 0 Å². The van der Waals surface area contributed by atoms with E-state index >= 15 is 0 Å². The average molecular weight is 405 g/mol. The summed E-state index contributed by atoms with van der Waals surface area (Å²) < 4.78 is 8.78. The van der Waals surface area contributed by atoms with Gasteiger partial charge in [0.15, 0.2) is 11.2 Å². The van der Waals surface area contributed by atoms with Crippen LogP contribution in [0.1, 0.15) is 24.2 Å². The third-order valence-electron chi connectivity index (χ3n) is 5.31. The first-order valence-corrected chi connectivity index (χ1v) is 10.1. The predicted octanol–water partition coefficient (Wildman–Crippen LogP) is 1.50. The summed E-state index contributed by atoms with van der Waals surface area (Å²) in [7, 11) is 1.58. The molecule has 0 atom stereocenters. The van der Waals surface area contributed by atoms with E-state index in [1.54, 1.807) is 30.3 Å². The maximum absolute atomic E-state index is 5.12. The maximum atomic E-state index is 5.12. The van der Waals surface area contributed by atoms with E-state index in [1.165, 1.54) is 25.9 Å². The Morgan fingerprint density at radius 3 is 2.73 bits per heavy atom. The summed E-state index contributed by atoms with van der Waals surface area (Å²) in [6, 6.07) is 3.65. The van der Waals surface area contributed by atoms with E-state index in [-0.39, 0.29) is 0 Å². The van der Waals surface area contributed by atoms with E-state index in [0.29, 0.717) is 29.3 Å². The molecule has 0 aliphatic carbocycles. The highest BCUT2D eigenvalue weighted by molar-refractivity contribution is 5.70. The predicted molar refractivity (Wildman–Crippen MR) is 110 cm³/mol. The van der Waals surface area contributed by atoms with Gasteiger partial charge in [0.25, 0.3) is 0 Å². The molecule has 0 bridgehead atoms. The molecule has 0 amide bonds. The molecule has 0 spiro atoms. The molecule has 154 valence electrons. The first-order chi connectivity index (χ1) is 14.8. The number of methoxy groups -OCH3 is 1. The zero-order chi connectivity index (χ0) is 20.3. The molecule has 4 aromatic heterocycles. The molecular formula is C20H23N9O. The summed E-state index contributed by atoms with van der Waals surface area (Å²) in [6.07, 6.45) is 10.6. The van der Waals surface area contributed by atoms with Gasteiger partial charge in [0.2, 0.25) is 5.88 Å². The third kappa shape index (κ3) is 3.86. The van der Waals surface area contributed by atoms with Crippen LogP contribution in [0.25, 0.3) is 16.9 Å². The zero-order valence-electron chi connectivity index (χ0n) is 16.8. The normalized spacial score (nSPS) is 14.6. The van der Waals surface area contributed by atoms with Crippen molar-refractivity contribution in [2.24, 2.45) is 0 Å². The number of nitrogens with zero attached hydrogens (tertiary/aromatic N) is 9. The van der Waals surface area contributed by atoms with Crippen LogP contribution < -0.4 is 4.74 Å². The molecule has 30 heavy (non-hydrogen) atoms. The Morgan fingerprint density at radius 2 is 1.93 bits per heavy atom. The van der Waals surface area contributed by atoms with Gasteiger partial charge in [-0.3, -0.25) is 4.68 Å². The minimum absolute atomic E-state index is 0.542. The summed E-state index contributed by atoms with van der Waals surface area (Å²) in [5.41, 5.74) is 3.13. The highest BCUT2D eigenvalue weighted by Gasteiger charge is 2.13. The number of hydrogen-bond acceptors (Lipinski definition) is 8. The van der Waals surface area contributed by atoms with Crippen molar-refractivity contribution < 1.29 is 4.74 Å². The molecule has 5 rings (SSSR count). The zero-order valence-corrected chi connectivity index (χ0v) is 16.8. The number of pyridine rings is 1. The van der Waals surface area contributed by atoms with Crippen molar-refractivity contribution in [2.45, 2.75) is 25.8 Å². The fourth-order valence-corrected chi connectivity index (χ4v) is 3.69. The molecule has 0 saturated carbocycles. The Bertz CT molecular complexity index is 1130. The number of rotatable bonds is 7. The molecule has 1 saturated heterocycles. The lowest BCUT2D eigenvalue weighted by molar-refractivity contribution is 0.315. The SMILES string of the molecule is COc1ccc(-n2nnc3cnc(Cc4cnn(CCN5CCCC5)c4)nc32)cn1. The molecule has 0 aromatic carbocycles. The Hall–Kier alpha value is -3.40. The lowest BCUT2D eigenvalue weighted by Crippen LogP contribution is -2.24. The van der Waals surface area contributed by atoms with Crippen LogP contribution in [0.4, 0.5) is 0 Å². The lowest BCUT2D eigenvalue weighted by atomic mass is 10.2. The Morgan fingerprint density at radius 1 is 1.03 bits per heavy atom. The number of ether oxygens (including phenoxy) is 1. The summed E-state index contributed by atoms with van der Waals surface area (Å²) in [5.74, 6) is 1.24. The Labute approximate surface area is 173 Å². The van der Waals surface area contributed by atoms with Crippen molar-refractivity contribution in [2.75, 3.05) is 26.7 Å². The highest BCUT2D eigenvalue weighted by Crippen LogP contribution is 2.16. The fourth-order valence-electron chi connectivity index (χ4n) is 3.69. The molecule has 5 heterocycles. The van der Waals surface area contributed by atoms with Gasteiger partial charge in [-0.2, -0.15) is 9.78 Å². The van der Waals surface area contributed by atoms with E-state index in [0.717, 1.165) is 24.3 Å². The second kappa shape index (κ2) is 8.15. The molecule has 10 nitrogen and oxygen atoms in total. The van der Waals surface area contributed by atoms with E-state index in [9.17, 15) is 0 Å². The minimum atomic E-state index is 0.542. The number of aromatic nitrogens is 8. The van der Waals surface area contributed by atoms with Crippen LogP contribution in [0.15, 0.2) is 36.9 Å². The summed E-state index contributed by atoms with van der Waals surface area (Å²) in [5, 5.41) is 12.8. The second-order valence-electron chi connectivity index (χ2n) is 7.39. The van der Waals surface area contributed by atoms with Gasteiger partial charge in [0.1, 0.15) is 5.82 Å². The number of likely N-dealkylation sites (tertiary alicyclic amines) is 1. The average Bonchev–Trinajstić information content (AvgIpc) is 3.53. The fraction of sp³-hybridized carbons (Fsp3) is 0.400. The van der Waals surface area contributed by atoms with Gasteiger partial charge in [-0.25, -0.2) is 15.0 Å². The van der Waals surface area contributed by atoms with Crippen molar-refractivity contribution in [1.29, 1.82) is 0 Å². The highest BCUT2D eigenvalue weighted by atomic mass is 16.5. The molecule has 1 fully saturated rings. The lowest BCUT2D eigenvalue weighted by Gasteiger charge is -2.13. The van der Waals surface area contributed by atoms with Crippen LogP contribution in [0.2, 0.25) is 0 Å². The van der Waals surface area contributed by atoms with E-state index in [4.69, 9.17) is 9.72 Å². The standard InChI is InChI=1S/C20H23N9O/c1-30-19-5-4-16(12-22-19)29-20-17(25-26-29)13-21-18(24-20)10-15-11-23-28(14-15)9-8-27-6-2-3-7-27/h4-5,11-14H,2-3,6-10H2,1H3. The van der Waals surface area contributed by atoms with E-state index in [2.05, 4.69) is 36.5 Å². The first kappa shape index (κ1) is 18.6. The largest absolute Gasteiger partial charge is 0.481 e. The molecule has 10 heteroatoms. The second-order valence-corrected chi connectivity index (χ2v) is 7.39. The molecule has 4 aromatic rings. The van der Waals surface area contributed by atoms with Crippen LogP contribution in [0, 0.1) is 0 Å². The van der Waals surface area contributed by atoms with Gasteiger partial charge in [-0.1, -0.05) is 5.21 Å². The monoisotopic (exact) mass is 405 g/mol. The smallest absolute Gasteiger partial charge is 0.213 e. The van der Waals surface area contributed by atoms with Crippen LogP contribution in [0.3, 0.4) is 0 Å². The van der Waals surface area contributed by atoms with Gasteiger partial charge in [0, 0.05) is 25.2 Å². The topological polar surface area (TPSA) is 99.7 Å². The summed E-state index contributed by atoms with van der Waals surface area (Å²) in [4.78, 5) is 15.9. The summed E-state index contributed by atoms with van der Waals surface area (Å²) in [6.45, 7) is 4.35. The summed E-state index contributed by atoms with van der Waals surface area (Å²) >= 11 is 0. The van der Waals surface area contributed by atoms with Crippen molar-refractivity contribution in [3.63, 3.8) is 0 Å². The van der Waals surface area contributed by atoms with Gasteiger partial charge in [-0.05, 0) is 37.6 Å². The molecule has 1 aliphatic heterocycles. The van der Waals surface area contributed by atoms with Crippen molar-refractivity contribution in [3.05, 3.63) is 48.3 Å². The van der Waals surface area contributed by atoms with Crippen LogP contribution in [-0.2, 0) is 13.0 Å². The minimum Gasteiger partial charge on any atom is -0.481 e. The van der Waals surface area contributed by atoms with Gasteiger partial charge >= 0.3 is 0 Å².